The summed E-state index contributed by atoms with van der Waals surface area (Å²) in [6, 6.07) is 11.5. The highest BCUT2D eigenvalue weighted by atomic mass is 32.2. The van der Waals surface area contributed by atoms with Gasteiger partial charge in [0.2, 0.25) is 5.91 Å². The summed E-state index contributed by atoms with van der Waals surface area (Å²) in [7, 11) is -3.73. The lowest BCUT2D eigenvalue weighted by atomic mass is 10.1. The Labute approximate surface area is 163 Å². The van der Waals surface area contributed by atoms with Crippen LogP contribution in [0.3, 0.4) is 0 Å². The first kappa shape index (κ1) is 19.8. The van der Waals surface area contributed by atoms with E-state index in [-0.39, 0.29) is 10.8 Å². The van der Waals surface area contributed by atoms with E-state index >= 15 is 0 Å². The fraction of sp³-hybridized carbons (Fsp3) is 0.316. The average Bonchev–Trinajstić information content (AvgIpc) is 2.66. The van der Waals surface area contributed by atoms with Crippen molar-refractivity contribution >= 4 is 32.8 Å². The number of nitrogens with zero attached hydrogens (tertiary/aromatic N) is 2. The van der Waals surface area contributed by atoms with Crippen molar-refractivity contribution in [2.45, 2.75) is 30.7 Å². The summed E-state index contributed by atoms with van der Waals surface area (Å²) in [4.78, 5) is 23.8. The Bertz CT molecular complexity index is 1000. The van der Waals surface area contributed by atoms with Crippen LogP contribution in [-0.2, 0) is 21.2 Å². The SMILES string of the molecule is CS(=O)(=O)c1cc(NCc2ccc(N3CCCCC3=O)cc2)ccc1[N+](=O)[O-]. The summed E-state index contributed by atoms with van der Waals surface area (Å²) in [5.74, 6) is 0.135. The van der Waals surface area contributed by atoms with E-state index in [1.54, 1.807) is 4.90 Å². The molecule has 9 heteroatoms. The van der Waals surface area contributed by atoms with Crippen molar-refractivity contribution in [1.82, 2.24) is 0 Å². The predicted octanol–water partition coefficient (Wildman–Crippen LogP) is 3.13. The smallest absolute Gasteiger partial charge is 0.288 e. The Balaban J connectivity index is 1.72. The van der Waals surface area contributed by atoms with Crippen LogP contribution >= 0.6 is 0 Å². The number of hydrogen-bond acceptors (Lipinski definition) is 6. The third kappa shape index (κ3) is 4.48. The van der Waals surface area contributed by atoms with Gasteiger partial charge in [0, 0.05) is 43.2 Å². The van der Waals surface area contributed by atoms with E-state index in [2.05, 4.69) is 5.32 Å². The zero-order valence-corrected chi connectivity index (χ0v) is 16.2. The van der Waals surface area contributed by atoms with Crippen molar-refractivity contribution in [1.29, 1.82) is 0 Å². The summed E-state index contributed by atoms with van der Waals surface area (Å²) >= 11 is 0. The highest BCUT2D eigenvalue weighted by Crippen LogP contribution is 2.27. The summed E-state index contributed by atoms with van der Waals surface area (Å²) in [6.45, 7) is 1.14. The number of benzene rings is 2. The Morgan fingerprint density at radius 3 is 2.46 bits per heavy atom. The Kier molecular flexibility index (Phi) is 5.64. The van der Waals surface area contributed by atoms with Gasteiger partial charge in [-0.15, -0.1) is 0 Å². The number of nitro groups is 1. The molecule has 8 nitrogen and oxygen atoms in total. The molecule has 0 radical (unpaired) electrons. The Morgan fingerprint density at radius 2 is 1.86 bits per heavy atom. The molecule has 0 spiro atoms. The molecular formula is C19H21N3O5S. The molecule has 1 N–H and O–H groups in total. The quantitative estimate of drug-likeness (QED) is 0.586. The van der Waals surface area contributed by atoms with Crippen LogP contribution < -0.4 is 10.2 Å². The number of carbonyl (C=O) groups excluding carboxylic acids is 1. The van der Waals surface area contributed by atoms with Gasteiger partial charge in [0.15, 0.2) is 9.84 Å². The Hall–Kier alpha value is -2.94. The second kappa shape index (κ2) is 7.97. The number of nitrogens with one attached hydrogen (secondary N) is 1. The first-order valence-corrected chi connectivity index (χ1v) is 10.8. The Morgan fingerprint density at radius 1 is 1.14 bits per heavy atom. The number of hydrogen-bond donors (Lipinski definition) is 1. The molecule has 1 fully saturated rings. The number of carbonyl (C=O) groups is 1. The third-order valence-electron chi connectivity index (χ3n) is 4.62. The number of amides is 1. The van der Waals surface area contributed by atoms with Crippen LogP contribution in [0.5, 0.6) is 0 Å². The minimum absolute atomic E-state index is 0.135. The molecule has 0 saturated carbocycles. The summed E-state index contributed by atoms with van der Waals surface area (Å²) in [6.07, 6.45) is 3.45. The topological polar surface area (TPSA) is 110 Å². The molecule has 0 aliphatic carbocycles. The van der Waals surface area contributed by atoms with Crippen LogP contribution in [0.4, 0.5) is 17.1 Å². The minimum Gasteiger partial charge on any atom is -0.381 e. The lowest BCUT2D eigenvalue weighted by molar-refractivity contribution is -0.387. The summed E-state index contributed by atoms with van der Waals surface area (Å²) < 4.78 is 23.7. The zero-order chi connectivity index (χ0) is 20.3. The van der Waals surface area contributed by atoms with E-state index in [9.17, 15) is 23.3 Å². The maximum atomic E-state index is 12.0. The van der Waals surface area contributed by atoms with Crippen LogP contribution in [-0.4, -0.2) is 32.0 Å². The second-order valence-electron chi connectivity index (χ2n) is 6.73. The molecule has 1 aliphatic rings. The van der Waals surface area contributed by atoms with Gasteiger partial charge in [-0.3, -0.25) is 14.9 Å². The molecule has 3 rings (SSSR count). The fourth-order valence-corrected chi connectivity index (χ4v) is 4.01. The summed E-state index contributed by atoms with van der Waals surface area (Å²) in [5.41, 5.74) is 1.83. The number of anilines is 2. The van der Waals surface area contributed by atoms with Gasteiger partial charge in [-0.05, 0) is 42.7 Å². The highest BCUT2D eigenvalue weighted by molar-refractivity contribution is 7.90. The molecule has 1 aliphatic heterocycles. The average molecular weight is 403 g/mol. The molecule has 0 bridgehead atoms. The van der Waals surface area contributed by atoms with E-state index in [0.717, 1.165) is 36.9 Å². The molecule has 1 heterocycles. The number of rotatable bonds is 6. The molecule has 1 amide bonds. The van der Waals surface area contributed by atoms with E-state index in [4.69, 9.17) is 0 Å². The lowest BCUT2D eigenvalue weighted by Gasteiger charge is -2.26. The third-order valence-corrected chi connectivity index (χ3v) is 5.75. The fourth-order valence-electron chi connectivity index (χ4n) is 3.15. The van der Waals surface area contributed by atoms with Crippen molar-refractivity contribution in [3.05, 3.63) is 58.1 Å². The van der Waals surface area contributed by atoms with Crippen molar-refractivity contribution in [2.24, 2.45) is 0 Å². The van der Waals surface area contributed by atoms with Gasteiger partial charge < -0.3 is 10.2 Å². The lowest BCUT2D eigenvalue weighted by Crippen LogP contribution is -2.35. The normalized spacial score (nSPS) is 14.8. The number of nitro benzene ring substituents is 1. The van der Waals surface area contributed by atoms with Crippen LogP contribution in [0.1, 0.15) is 24.8 Å². The monoisotopic (exact) mass is 403 g/mol. The predicted molar refractivity (Wildman–Crippen MR) is 106 cm³/mol. The first-order chi connectivity index (χ1) is 13.3. The van der Waals surface area contributed by atoms with E-state index in [1.807, 2.05) is 24.3 Å². The molecule has 1 saturated heterocycles. The largest absolute Gasteiger partial charge is 0.381 e. The molecule has 148 valence electrons. The molecule has 0 aromatic heterocycles. The van der Waals surface area contributed by atoms with Gasteiger partial charge in [0.05, 0.1) is 4.92 Å². The molecule has 2 aromatic rings. The minimum atomic E-state index is -3.73. The molecular weight excluding hydrogens is 382 g/mol. The maximum absolute atomic E-state index is 12.0. The van der Waals surface area contributed by atoms with Crippen LogP contribution in [0.25, 0.3) is 0 Å². The molecule has 2 aromatic carbocycles. The van der Waals surface area contributed by atoms with E-state index in [1.165, 1.54) is 18.2 Å². The maximum Gasteiger partial charge on any atom is 0.288 e. The zero-order valence-electron chi connectivity index (χ0n) is 15.4. The van der Waals surface area contributed by atoms with E-state index in [0.29, 0.717) is 18.7 Å². The molecule has 0 unspecified atom stereocenters. The van der Waals surface area contributed by atoms with Gasteiger partial charge in [0.25, 0.3) is 5.69 Å². The van der Waals surface area contributed by atoms with Crippen LogP contribution in [0.2, 0.25) is 0 Å². The second-order valence-corrected chi connectivity index (χ2v) is 8.72. The molecule has 28 heavy (non-hydrogen) atoms. The van der Waals surface area contributed by atoms with Crippen molar-refractivity contribution < 1.29 is 18.1 Å². The van der Waals surface area contributed by atoms with Gasteiger partial charge in [-0.1, -0.05) is 12.1 Å². The standard InChI is InChI=1S/C19H21N3O5S/c1-28(26,27)18-12-15(7-10-17(18)22(24)25)20-13-14-5-8-16(9-6-14)21-11-3-2-4-19(21)23/h5-10,12,20H,2-4,11,13H2,1H3. The highest BCUT2D eigenvalue weighted by Gasteiger charge is 2.22. The van der Waals surface area contributed by atoms with Gasteiger partial charge in [0.1, 0.15) is 4.90 Å². The van der Waals surface area contributed by atoms with Crippen molar-refractivity contribution in [2.75, 3.05) is 23.0 Å². The molecule has 0 atom stereocenters. The number of piperidine rings is 1. The van der Waals surface area contributed by atoms with Gasteiger partial charge in [-0.2, -0.15) is 0 Å². The van der Waals surface area contributed by atoms with Crippen LogP contribution in [0, 0.1) is 10.1 Å². The van der Waals surface area contributed by atoms with Crippen molar-refractivity contribution in [3.8, 4) is 0 Å². The van der Waals surface area contributed by atoms with E-state index < -0.39 is 20.4 Å². The summed E-state index contributed by atoms with van der Waals surface area (Å²) in [5, 5.41) is 14.1. The number of sulfone groups is 1. The van der Waals surface area contributed by atoms with Gasteiger partial charge in [-0.25, -0.2) is 8.42 Å². The van der Waals surface area contributed by atoms with Gasteiger partial charge >= 0.3 is 0 Å². The van der Waals surface area contributed by atoms with Crippen LogP contribution in [0.15, 0.2) is 47.4 Å². The first-order valence-electron chi connectivity index (χ1n) is 8.87. The van der Waals surface area contributed by atoms with Crippen molar-refractivity contribution in [3.63, 3.8) is 0 Å².